The lowest BCUT2D eigenvalue weighted by atomic mass is 9.94. The molecule has 0 saturated heterocycles. The minimum atomic E-state index is -3.43. The van der Waals surface area contributed by atoms with Crippen molar-refractivity contribution in [2.45, 2.75) is 31.8 Å². The highest BCUT2D eigenvalue weighted by molar-refractivity contribution is 7.88. The third-order valence-corrected chi connectivity index (χ3v) is 7.56. The van der Waals surface area contributed by atoms with Gasteiger partial charge in [-0.3, -0.25) is 14.4 Å². The smallest absolute Gasteiger partial charge is 0.270 e. The normalized spacial score (nSPS) is 14.0. The molecule has 3 amide bonds. The second kappa shape index (κ2) is 12.6. The number of nitrogens with zero attached hydrogens (tertiary/aromatic N) is 2. The van der Waals surface area contributed by atoms with Crippen LogP contribution in [0.25, 0.3) is 10.9 Å². The van der Waals surface area contributed by atoms with Gasteiger partial charge in [0.25, 0.3) is 5.91 Å². The van der Waals surface area contributed by atoms with Gasteiger partial charge in [-0.1, -0.05) is 61.5 Å². The zero-order valence-corrected chi connectivity index (χ0v) is 22.4. The van der Waals surface area contributed by atoms with Crippen molar-refractivity contribution in [2.24, 2.45) is 11.7 Å². The maximum absolute atomic E-state index is 13.4. The van der Waals surface area contributed by atoms with E-state index in [1.54, 1.807) is 18.2 Å². The predicted octanol–water partition coefficient (Wildman–Crippen LogP) is 1.46. The molecule has 0 radical (unpaired) electrons. The molecule has 3 aromatic rings. The number of hydrogen-bond donors (Lipinski definition) is 3. The van der Waals surface area contributed by atoms with E-state index in [-0.39, 0.29) is 18.2 Å². The zero-order chi connectivity index (χ0) is 27.9. The summed E-state index contributed by atoms with van der Waals surface area (Å²) >= 11 is 0. The molecule has 0 spiro atoms. The van der Waals surface area contributed by atoms with Crippen LogP contribution in [0.15, 0.2) is 66.7 Å². The van der Waals surface area contributed by atoms with Gasteiger partial charge in [0, 0.05) is 25.0 Å². The second-order valence-electron chi connectivity index (χ2n) is 9.41. The van der Waals surface area contributed by atoms with Crippen LogP contribution in [-0.2, 0) is 26.0 Å². The van der Waals surface area contributed by atoms with Crippen LogP contribution < -0.4 is 16.4 Å². The molecule has 0 bridgehead atoms. The maximum atomic E-state index is 13.4. The number of rotatable bonds is 12. The first kappa shape index (κ1) is 28.7. The Bertz CT molecular complexity index is 1400. The van der Waals surface area contributed by atoms with Crippen molar-refractivity contribution >= 4 is 38.6 Å². The fourth-order valence-electron chi connectivity index (χ4n) is 4.05. The Morgan fingerprint density at radius 1 is 0.974 bits per heavy atom. The molecule has 3 atom stereocenters. The number of pyridine rings is 1. The van der Waals surface area contributed by atoms with Gasteiger partial charge >= 0.3 is 0 Å². The number of nitrogens with one attached hydrogen (secondary N) is 2. The molecular weight excluding hydrogens is 506 g/mol. The fourth-order valence-corrected chi connectivity index (χ4v) is 4.56. The molecule has 0 saturated carbocycles. The molecule has 1 heterocycles. The van der Waals surface area contributed by atoms with E-state index in [0.29, 0.717) is 11.9 Å². The second-order valence-corrected chi connectivity index (χ2v) is 11.5. The molecule has 2 aromatic carbocycles. The Morgan fingerprint density at radius 3 is 2.29 bits per heavy atom. The van der Waals surface area contributed by atoms with Crippen LogP contribution in [0.3, 0.4) is 0 Å². The highest BCUT2D eigenvalue weighted by Gasteiger charge is 2.29. The van der Waals surface area contributed by atoms with Gasteiger partial charge in [-0.05, 0) is 30.0 Å². The van der Waals surface area contributed by atoms with Gasteiger partial charge in [-0.15, -0.1) is 0 Å². The van der Waals surface area contributed by atoms with Gasteiger partial charge < -0.3 is 16.4 Å². The van der Waals surface area contributed by atoms with Crippen molar-refractivity contribution in [3.05, 3.63) is 78.0 Å². The third kappa shape index (κ3) is 8.09. The average Bonchev–Trinajstić information content (AvgIpc) is 2.87. The van der Waals surface area contributed by atoms with Crippen LogP contribution in [0.5, 0.6) is 0 Å². The summed E-state index contributed by atoms with van der Waals surface area (Å²) in [4.78, 5) is 42.5. The van der Waals surface area contributed by atoms with E-state index >= 15 is 0 Å². The summed E-state index contributed by atoms with van der Waals surface area (Å²) in [5.41, 5.74) is 7.03. The van der Waals surface area contributed by atoms with Crippen molar-refractivity contribution in [1.82, 2.24) is 19.9 Å². The molecule has 0 aliphatic heterocycles. The average molecular weight is 540 g/mol. The van der Waals surface area contributed by atoms with Crippen molar-refractivity contribution in [3.63, 3.8) is 0 Å². The minimum Gasteiger partial charge on any atom is -0.370 e. The Labute approximate surface area is 222 Å². The molecule has 4 N–H and O–H groups in total. The Kier molecular flexibility index (Phi) is 9.54. The predicted molar refractivity (Wildman–Crippen MR) is 146 cm³/mol. The number of amides is 3. The first-order chi connectivity index (χ1) is 17.9. The van der Waals surface area contributed by atoms with E-state index in [1.165, 1.54) is 17.4 Å². The van der Waals surface area contributed by atoms with Crippen LogP contribution in [0, 0.1) is 5.92 Å². The number of sulfonamides is 1. The van der Waals surface area contributed by atoms with Gasteiger partial charge in [0.05, 0.1) is 18.2 Å². The van der Waals surface area contributed by atoms with Crippen molar-refractivity contribution in [1.29, 1.82) is 0 Å². The Hall–Kier alpha value is -3.83. The van der Waals surface area contributed by atoms with E-state index in [4.69, 9.17) is 5.73 Å². The molecular formula is C27H33N5O5S. The highest BCUT2D eigenvalue weighted by Crippen LogP contribution is 2.15. The Balaban J connectivity index is 1.81. The molecule has 0 aliphatic rings. The number of para-hydroxylation sites is 1. The minimum absolute atomic E-state index is 0.0925. The van der Waals surface area contributed by atoms with Gasteiger partial charge in [-0.2, -0.15) is 0 Å². The first-order valence-corrected chi connectivity index (χ1v) is 14.0. The monoisotopic (exact) mass is 539 g/mol. The van der Waals surface area contributed by atoms with Crippen molar-refractivity contribution in [3.8, 4) is 0 Å². The van der Waals surface area contributed by atoms with Crippen molar-refractivity contribution in [2.75, 3.05) is 19.8 Å². The fraction of sp³-hybridized carbons (Fsp3) is 0.333. The number of aromatic nitrogens is 1. The number of benzene rings is 2. The number of carbonyl (C=O) groups excluding carboxylic acids is 3. The SMILES string of the molecule is C[C@H](CN(C)S(C)(=O)=O)[C@H](Cc1ccccc1)NC(=O)[C@H](CC(N)=O)NC(=O)c1ccc2ccccc2n1. The van der Waals surface area contributed by atoms with Crippen LogP contribution in [0.1, 0.15) is 29.4 Å². The molecule has 10 nitrogen and oxygen atoms in total. The number of hydrogen-bond acceptors (Lipinski definition) is 6. The number of fused-ring (bicyclic) bond motifs is 1. The van der Waals surface area contributed by atoms with Gasteiger partial charge in [0.2, 0.25) is 21.8 Å². The van der Waals surface area contributed by atoms with Crippen LogP contribution >= 0.6 is 0 Å². The van der Waals surface area contributed by atoms with Crippen LogP contribution in [-0.4, -0.2) is 67.4 Å². The first-order valence-electron chi connectivity index (χ1n) is 12.1. The number of nitrogens with two attached hydrogens (primary N) is 1. The lowest BCUT2D eigenvalue weighted by molar-refractivity contribution is -0.127. The standard InChI is InChI=1S/C27H33N5O5S/c1-18(17-32(2)38(3,36)37)23(15-19-9-5-4-6-10-19)30-27(35)24(16-25(28)33)31-26(34)22-14-13-20-11-7-8-12-21(20)29-22/h4-14,18,23-24H,15-17H2,1-3H3,(H2,28,33)(H,30,35)(H,31,34)/t18-,23+,24+/m1/s1. The molecule has 1 aromatic heterocycles. The lowest BCUT2D eigenvalue weighted by Gasteiger charge is -2.30. The van der Waals surface area contributed by atoms with Crippen LogP contribution in [0.4, 0.5) is 0 Å². The molecule has 38 heavy (non-hydrogen) atoms. The quantitative estimate of drug-likeness (QED) is 0.317. The van der Waals surface area contributed by atoms with Crippen molar-refractivity contribution < 1.29 is 22.8 Å². The molecule has 3 rings (SSSR count). The summed E-state index contributed by atoms with van der Waals surface area (Å²) in [5, 5.41) is 6.35. The lowest BCUT2D eigenvalue weighted by Crippen LogP contribution is -2.54. The summed E-state index contributed by atoms with van der Waals surface area (Å²) < 4.78 is 25.2. The Morgan fingerprint density at radius 2 is 1.63 bits per heavy atom. The summed E-state index contributed by atoms with van der Waals surface area (Å²) in [6.45, 7) is 1.99. The van der Waals surface area contributed by atoms with E-state index in [9.17, 15) is 22.8 Å². The van der Waals surface area contributed by atoms with Crippen LogP contribution in [0.2, 0.25) is 0 Å². The van der Waals surface area contributed by atoms with Gasteiger partial charge in [0.1, 0.15) is 11.7 Å². The summed E-state index contributed by atoms with van der Waals surface area (Å²) in [5.74, 6) is -2.29. The zero-order valence-electron chi connectivity index (χ0n) is 21.6. The molecule has 0 unspecified atom stereocenters. The topological polar surface area (TPSA) is 152 Å². The van der Waals surface area contributed by atoms with Gasteiger partial charge in [-0.25, -0.2) is 17.7 Å². The molecule has 11 heteroatoms. The number of carbonyl (C=O) groups is 3. The summed E-state index contributed by atoms with van der Waals surface area (Å²) in [7, 11) is -1.96. The highest BCUT2D eigenvalue weighted by atomic mass is 32.2. The molecule has 0 fully saturated rings. The van der Waals surface area contributed by atoms with E-state index < -0.39 is 46.2 Å². The van der Waals surface area contributed by atoms with Gasteiger partial charge in [0.15, 0.2) is 0 Å². The van der Waals surface area contributed by atoms with E-state index in [2.05, 4.69) is 15.6 Å². The third-order valence-electron chi connectivity index (χ3n) is 6.28. The summed E-state index contributed by atoms with van der Waals surface area (Å²) in [6, 6.07) is 18.2. The molecule has 0 aliphatic carbocycles. The largest absolute Gasteiger partial charge is 0.370 e. The van der Waals surface area contributed by atoms with E-state index in [0.717, 1.165) is 17.2 Å². The molecule has 202 valence electrons. The number of primary amides is 1. The summed E-state index contributed by atoms with van der Waals surface area (Å²) in [6.07, 6.45) is 1.11. The van der Waals surface area contributed by atoms with E-state index in [1.807, 2.05) is 49.4 Å². The maximum Gasteiger partial charge on any atom is 0.270 e.